The Morgan fingerprint density at radius 3 is 2.65 bits per heavy atom. The van der Waals surface area contributed by atoms with Crippen LogP contribution in [-0.2, 0) is 16.8 Å². The molecule has 2 rings (SSSR count). The Labute approximate surface area is 103 Å². The van der Waals surface area contributed by atoms with Crippen LogP contribution in [0.15, 0.2) is 23.2 Å². The third-order valence-electron chi connectivity index (χ3n) is 3.90. The van der Waals surface area contributed by atoms with E-state index in [-0.39, 0.29) is 5.54 Å². The molecule has 0 bridgehead atoms. The summed E-state index contributed by atoms with van der Waals surface area (Å²) >= 11 is 0. The number of nitrogens with zero attached hydrogens (tertiary/aromatic N) is 1. The van der Waals surface area contributed by atoms with Crippen LogP contribution in [0.25, 0.3) is 0 Å². The average Bonchev–Trinajstić information content (AvgIpc) is 2.80. The minimum absolute atomic E-state index is 0.281. The second-order valence-corrected chi connectivity index (χ2v) is 4.94. The highest BCUT2D eigenvalue weighted by atomic mass is 16.1. The second-order valence-electron chi connectivity index (χ2n) is 4.94. The van der Waals surface area contributed by atoms with Crippen LogP contribution in [-0.4, -0.2) is 6.08 Å². The molecule has 90 valence electrons. The molecule has 0 spiro atoms. The van der Waals surface area contributed by atoms with Crippen LogP contribution in [0.5, 0.6) is 0 Å². The first kappa shape index (κ1) is 12.1. The van der Waals surface area contributed by atoms with Crippen LogP contribution < -0.4 is 0 Å². The van der Waals surface area contributed by atoms with Crippen molar-refractivity contribution in [3.63, 3.8) is 0 Å². The number of rotatable bonds is 3. The van der Waals surface area contributed by atoms with Gasteiger partial charge >= 0.3 is 0 Å². The maximum absolute atomic E-state index is 10.7. The molecule has 0 aromatic heterocycles. The molecule has 17 heavy (non-hydrogen) atoms. The zero-order chi connectivity index (χ0) is 12.3. The van der Waals surface area contributed by atoms with Crippen LogP contribution in [0.3, 0.4) is 0 Å². The summed E-state index contributed by atoms with van der Waals surface area (Å²) < 4.78 is 0. The molecular weight excluding hydrogens is 210 g/mol. The van der Waals surface area contributed by atoms with Gasteiger partial charge in [-0.25, -0.2) is 4.79 Å². The molecule has 0 saturated heterocycles. The molecule has 1 aliphatic rings. The van der Waals surface area contributed by atoms with Gasteiger partial charge in [-0.2, -0.15) is 4.99 Å². The summed E-state index contributed by atoms with van der Waals surface area (Å²) in [5.74, 6) is 0. The molecule has 2 heteroatoms. The summed E-state index contributed by atoms with van der Waals surface area (Å²) in [7, 11) is 0. The Kier molecular flexibility index (Phi) is 3.44. The topological polar surface area (TPSA) is 29.4 Å². The van der Waals surface area contributed by atoms with E-state index in [0.29, 0.717) is 0 Å². The first-order chi connectivity index (χ1) is 8.22. The summed E-state index contributed by atoms with van der Waals surface area (Å²) in [6.45, 7) is 4.26. The van der Waals surface area contributed by atoms with Gasteiger partial charge in [-0.15, -0.1) is 0 Å². The molecule has 0 radical (unpaired) electrons. The molecule has 0 N–H and O–H groups in total. The summed E-state index contributed by atoms with van der Waals surface area (Å²) in [4.78, 5) is 14.9. The molecule has 0 amide bonds. The van der Waals surface area contributed by atoms with Gasteiger partial charge in [0, 0.05) is 0 Å². The van der Waals surface area contributed by atoms with E-state index in [9.17, 15) is 4.79 Å². The number of hydrogen-bond donors (Lipinski definition) is 0. The SMILES string of the molecule is CCc1ccc(C)c(C2(N=C=O)CCCC2)c1. The molecule has 0 heterocycles. The number of hydrogen-bond acceptors (Lipinski definition) is 2. The first-order valence-corrected chi connectivity index (χ1v) is 6.41. The Hall–Kier alpha value is -1.40. The number of aliphatic imine (C=N–C) groups is 1. The van der Waals surface area contributed by atoms with Gasteiger partial charge in [-0.1, -0.05) is 38.0 Å². The van der Waals surface area contributed by atoms with Crippen LogP contribution in [0.1, 0.15) is 49.3 Å². The van der Waals surface area contributed by atoms with E-state index >= 15 is 0 Å². The molecule has 0 aliphatic heterocycles. The van der Waals surface area contributed by atoms with Gasteiger partial charge in [0.15, 0.2) is 0 Å². The van der Waals surface area contributed by atoms with Crippen LogP contribution in [0.4, 0.5) is 0 Å². The van der Waals surface area contributed by atoms with Gasteiger partial charge in [0.2, 0.25) is 6.08 Å². The number of isocyanates is 1. The van der Waals surface area contributed by atoms with Gasteiger partial charge < -0.3 is 0 Å². The van der Waals surface area contributed by atoms with Crippen LogP contribution >= 0.6 is 0 Å². The van der Waals surface area contributed by atoms with Gasteiger partial charge in [0.05, 0.1) is 5.54 Å². The summed E-state index contributed by atoms with van der Waals surface area (Å²) in [6.07, 6.45) is 7.08. The lowest BCUT2D eigenvalue weighted by Crippen LogP contribution is -2.20. The number of benzene rings is 1. The lowest BCUT2D eigenvalue weighted by atomic mass is 9.84. The molecule has 0 atom stereocenters. The fourth-order valence-corrected chi connectivity index (χ4v) is 2.88. The predicted molar refractivity (Wildman–Crippen MR) is 68.8 cm³/mol. The minimum Gasteiger partial charge on any atom is -0.211 e. The van der Waals surface area contributed by atoms with Crippen molar-refractivity contribution in [3.8, 4) is 0 Å². The Morgan fingerprint density at radius 1 is 1.35 bits per heavy atom. The molecule has 2 nitrogen and oxygen atoms in total. The maximum Gasteiger partial charge on any atom is 0.235 e. The highest BCUT2D eigenvalue weighted by Gasteiger charge is 2.36. The predicted octanol–water partition coefficient (Wildman–Crippen LogP) is 3.66. The molecule has 1 saturated carbocycles. The van der Waals surface area contributed by atoms with Gasteiger partial charge in [-0.05, 0) is 42.9 Å². The van der Waals surface area contributed by atoms with E-state index < -0.39 is 0 Å². The summed E-state index contributed by atoms with van der Waals surface area (Å²) in [5, 5.41) is 0. The van der Waals surface area contributed by atoms with E-state index in [1.54, 1.807) is 6.08 Å². The van der Waals surface area contributed by atoms with Crippen molar-refractivity contribution < 1.29 is 4.79 Å². The molecule has 0 unspecified atom stereocenters. The number of aryl methyl sites for hydroxylation is 2. The van der Waals surface area contributed by atoms with Crippen LogP contribution in [0.2, 0.25) is 0 Å². The van der Waals surface area contributed by atoms with Crippen molar-refractivity contribution in [2.24, 2.45) is 4.99 Å². The van der Waals surface area contributed by atoms with Crippen molar-refractivity contribution in [1.29, 1.82) is 0 Å². The quantitative estimate of drug-likeness (QED) is 0.574. The Balaban J connectivity index is 2.52. The fourth-order valence-electron chi connectivity index (χ4n) is 2.88. The van der Waals surface area contributed by atoms with Crippen LogP contribution in [0, 0.1) is 6.92 Å². The van der Waals surface area contributed by atoms with E-state index in [4.69, 9.17) is 0 Å². The average molecular weight is 229 g/mol. The highest BCUT2D eigenvalue weighted by Crippen LogP contribution is 2.43. The van der Waals surface area contributed by atoms with Gasteiger partial charge in [-0.3, -0.25) is 0 Å². The van der Waals surface area contributed by atoms with Gasteiger partial charge in [0.1, 0.15) is 0 Å². The second kappa shape index (κ2) is 4.85. The third kappa shape index (κ3) is 2.18. The standard InChI is InChI=1S/C15H19NO/c1-3-13-7-6-12(2)14(10-13)15(16-11-17)8-4-5-9-15/h6-7,10H,3-5,8-9H2,1-2H3. The van der Waals surface area contributed by atoms with Crippen molar-refractivity contribution in [1.82, 2.24) is 0 Å². The third-order valence-corrected chi connectivity index (χ3v) is 3.90. The largest absolute Gasteiger partial charge is 0.235 e. The smallest absolute Gasteiger partial charge is 0.211 e. The van der Waals surface area contributed by atoms with Crippen molar-refractivity contribution in [3.05, 3.63) is 34.9 Å². The zero-order valence-electron chi connectivity index (χ0n) is 10.6. The monoisotopic (exact) mass is 229 g/mol. The first-order valence-electron chi connectivity index (χ1n) is 6.41. The summed E-state index contributed by atoms with van der Waals surface area (Å²) in [6, 6.07) is 6.53. The Bertz CT molecular complexity index is 452. The zero-order valence-corrected chi connectivity index (χ0v) is 10.6. The summed E-state index contributed by atoms with van der Waals surface area (Å²) in [5.41, 5.74) is 3.51. The highest BCUT2D eigenvalue weighted by molar-refractivity contribution is 5.43. The molecule has 1 aromatic rings. The minimum atomic E-state index is -0.281. The molecular formula is C15H19NO. The number of carbonyl (C=O) groups excluding carboxylic acids is 1. The van der Waals surface area contributed by atoms with E-state index in [1.807, 2.05) is 0 Å². The maximum atomic E-state index is 10.7. The van der Waals surface area contributed by atoms with E-state index in [1.165, 1.54) is 16.7 Å². The van der Waals surface area contributed by atoms with E-state index in [2.05, 4.69) is 37.0 Å². The van der Waals surface area contributed by atoms with Crippen molar-refractivity contribution >= 4 is 6.08 Å². The van der Waals surface area contributed by atoms with E-state index in [0.717, 1.165) is 32.1 Å². The lowest BCUT2D eigenvalue weighted by Gasteiger charge is -2.25. The van der Waals surface area contributed by atoms with Gasteiger partial charge in [0.25, 0.3) is 0 Å². The normalized spacial score (nSPS) is 17.8. The molecule has 1 aromatic carbocycles. The van der Waals surface area contributed by atoms with Crippen molar-refractivity contribution in [2.75, 3.05) is 0 Å². The molecule has 1 aliphatic carbocycles. The molecule has 1 fully saturated rings. The fraction of sp³-hybridized carbons (Fsp3) is 0.533. The lowest BCUT2D eigenvalue weighted by molar-refractivity contribution is 0.453. The Morgan fingerprint density at radius 2 is 2.06 bits per heavy atom. The van der Waals surface area contributed by atoms with Crippen molar-refractivity contribution in [2.45, 2.75) is 51.5 Å².